The number of unbranched alkanes of at least 4 members (excludes halogenated alkanes) is 1. The van der Waals surface area contributed by atoms with Gasteiger partial charge in [0.15, 0.2) is 4.80 Å². The molecule has 0 aliphatic heterocycles. The van der Waals surface area contributed by atoms with Gasteiger partial charge in [0.05, 0.1) is 16.8 Å². The lowest BCUT2D eigenvalue weighted by Gasteiger charge is -2.05. The first-order chi connectivity index (χ1) is 11.0. The van der Waals surface area contributed by atoms with Crippen molar-refractivity contribution in [2.24, 2.45) is 4.99 Å². The third kappa shape index (κ3) is 4.48. The number of amides is 1. The Hall–Kier alpha value is -2.02. The van der Waals surface area contributed by atoms with E-state index in [0.717, 1.165) is 12.8 Å². The first-order valence-electron chi connectivity index (χ1n) is 7.57. The van der Waals surface area contributed by atoms with E-state index in [1.165, 1.54) is 23.5 Å². The van der Waals surface area contributed by atoms with Gasteiger partial charge in [0.25, 0.3) is 0 Å². The third-order valence-electron chi connectivity index (χ3n) is 3.20. The van der Waals surface area contributed by atoms with Crippen LogP contribution in [-0.4, -0.2) is 23.1 Å². The summed E-state index contributed by atoms with van der Waals surface area (Å²) in [6.45, 7) is 3.94. The molecule has 5 nitrogen and oxygen atoms in total. The number of fused-ring (bicyclic) bond motifs is 1. The average molecular weight is 338 g/mol. The topological polar surface area (TPSA) is 60.7 Å². The molecule has 0 aliphatic rings. The second-order valence-electron chi connectivity index (χ2n) is 5.00. The number of nitrogens with zero attached hydrogens (tertiary/aromatic N) is 2. The Morgan fingerprint density at radius 3 is 2.83 bits per heavy atom. The van der Waals surface area contributed by atoms with Crippen molar-refractivity contribution in [2.75, 3.05) is 6.61 Å². The average Bonchev–Trinajstić information content (AvgIpc) is 2.82. The lowest BCUT2D eigenvalue weighted by atomic mass is 10.2. The van der Waals surface area contributed by atoms with Gasteiger partial charge >= 0.3 is 5.97 Å². The normalized spacial score (nSPS) is 11.9. The summed E-state index contributed by atoms with van der Waals surface area (Å²) in [5, 5.41) is 0. The summed E-state index contributed by atoms with van der Waals surface area (Å²) in [5.74, 6) is -1.03. The Bertz CT molecular complexity index is 779. The van der Waals surface area contributed by atoms with Crippen LogP contribution in [0.5, 0.6) is 0 Å². The van der Waals surface area contributed by atoms with Crippen LogP contribution in [0.2, 0.25) is 0 Å². The fourth-order valence-electron chi connectivity index (χ4n) is 2.11. The SMILES string of the molecule is CCCCC(=O)N=c1sc2cc(F)ccc2n1CC(=O)OCC. The largest absolute Gasteiger partial charge is 0.465 e. The quantitative estimate of drug-likeness (QED) is 0.761. The van der Waals surface area contributed by atoms with E-state index in [4.69, 9.17) is 4.74 Å². The lowest BCUT2D eigenvalue weighted by molar-refractivity contribution is -0.143. The van der Waals surface area contributed by atoms with Crippen molar-refractivity contribution in [3.05, 3.63) is 28.8 Å². The summed E-state index contributed by atoms with van der Waals surface area (Å²) in [6.07, 6.45) is 2.03. The van der Waals surface area contributed by atoms with E-state index in [1.54, 1.807) is 17.6 Å². The number of thiazole rings is 1. The molecule has 1 amide bonds. The predicted octanol–water partition coefficient (Wildman–Crippen LogP) is 3.02. The molecule has 0 aliphatic carbocycles. The minimum Gasteiger partial charge on any atom is -0.465 e. The summed E-state index contributed by atoms with van der Waals surface area (Å²) in [6, 6.07) is 4.27. The van der Waals surface area contributed by atoms with Crippen molar-refractivity contribution in [1.29, 1.82) is 0 Å². The molecule has 0 saturated heterocycles. The highest BCUT2D eigenvalue weighted by molar-refractivity contribution is 7.16. The second-order valence-corrected chi connectivity index (χ2v) is 6.01. The number of hydrogen-bond donors (Lipinski definition) is 0. The molecule has 1 aromatic carbocycles. The van der Waals surface area contributed by atoms with Gasteiger partial charge in [-0.25, -0.2) is 4.39 Å². The molecule has 2 rings (SSSR count). The van der Waals surface area contributed by atoms with Gasteiger partial charge < -0.3 is 9.30 Å². The smallest absolute Gasteiger partial charge is 0.326 e. The number of rotatable bonds is 6. The van der Waals surface area contributed by atoms with E-state index < -0.39 is 5.97 Å². The third-order valence-corrected chi connectivity index (χ3v) is 4.24. The van der Waals surface area contributed by atoms with Crippen molar-refractivity contribution in [1.82, 2.24) is 4.57 Å². The number of hydrogen-bond acceptors (Lipinski definition) is 4. The number of benzene rings is 1. The molecule has 0 unspecified atom stereocenters. The standard InChI is InChI=1S/C16H19FN2O3S/c1-3-5-6-14(20)18-16-19(10-15(21)22-4-2)12-8-7-11(17)9-13(12)23-16/h7-9H,3-6,10H2,1-2H3. The van der Waals surface area contributed by atoms with Gasteiger partial charge in [-0.2, -0.15) is 4.99 Å². The Morgan fingerprint density at radius 1 is 1.35 bits per heavy atom. The maximum absolute atomic E-state index is 13.4. The summed E-state index contributed by atoms with van der Waals surface area (Å²) < 4.78 is 20.6. The molecule has 0 fully saturated rings. The second kappa shape index (κ2) is 8.01. The maximum Gasteiger partial charge on any atom is 0.326 e. The summed E-state index contributed by atoms with van der Waals surface area (Å²) in [7, 11) is 0. The minimum absolute atomic E-state index is 0.0562. The van der Waals surface area contributed by atoms with Crippen molar-refractivity contribution in [3.8, 4) is 0 Å². The van der Waals surface area contributed by atoms with E-state index in [9.17, 15) is 14.0 Å². The zero-order chi connectivity index (χ0) is 16.8. The van der Waals surface area contributed by atoms with Gasteiger partial charge in [0, 0.05) is 6.42 Å². The highest BCUT2D eigenvalue weighted by Gasteiger charge is 2.12. The highest BCUT2D eigenvalue weighted by atomic mass is 32.1. The molecule has 23 heavy (non-hydrogen) atoms. The van der Waals surface area contributed by atoms with E-state index in [0.29, 0.717) is 21.4 Å². The van der Waals surface area contributed by atoms with E-state index >= 15 is 0 Å². The van der Waals surface area contributed by atoms with Crippen molar-refractivity contribution < 1.29 is 18.7 Å². The molecule has 0 atom stereocenters. The molecule has 0 saturated carbocycles. The van der Waals surface area contributed by atoms with Crippen LogP contribution in [0.3, 0.4) is 0 Å². The monoisotopic (exact) mass is 338 g/mol. The Kier molecular flexibility index (Phi) is 6.04. The lowest BCUT2D eigenvalue weighted by Crippen LogP contribution is -2.23. The molecule has 0 radical (unpaired) electrons. The fraction of sp³-hybridized carbons (Fsp3) is 0.438. The van der Waals surface area contributed by atoms with Gasteiger partial charge in [-0.15, -0.1) is 0 Å². The highest BCUT2D eigenvalue weighted by Crippen LogP contribution is 2.18. The first-order valence-corrected chi connectivity index (χ1v) is 8.38. The zero-order valence-corrected chi connectivity index (χ0v) is 14.0. The molecule has 2 aromatic rings. The van der Waals surface area contributed by atoms with Gasteiger partial charge in [0.1, 0.15) is 12.4 Å². The van der Waals surface area contributed by atoms with E-state index in [1.807, 2.05) is 6.92 Å². The molecule has 1 heterocycles. The van der Waals surface area contributed by atoms with E-state index in [-0.39, 0.29) is 24.9 Å². The fourth-order valence-corrected chi connectivity index (χ4v) is 3.18. The van der Waals surface area contributed by atoms with Crippen molar-refractivity contribution in [2.45, 2.75) is 39.7 Å². The van der Waals surface area contributed by atoms with Crippen LogP contribution in [0.15, 0.2) is 23.2 Å². The number of carbonyl (C=O) groups excluding carboxylic acids is 2. The van der Waals surface area contributed by atoms with Gasteiger partial charge in [-0.3, -0.25) is 9.59 Å². The number of halogens is 1. The van der Waals surface area contributed by atoms with Crippen LogP contribution in [0.4, 0.5) is 4.39 Å². The number of esters is 1. The Morgan fingerprint density at radius 2 is 2.13 bits per heavy atom. The van der Waals surface area contributed by atoms with Crippen molar-refractivity contribution in [3.63, 3.8) is 0 Å². The summed E-state index contributed by atoms with van der Waals surface area (Å²) >= 11 is 1.19. The predicted molar refractivity (Wildman–Crippen MR) is 86.5 cm³/mol. The van der Waals surface area contributed by atoms with Crippen LogP contribution in [0, 0.1) is 5.82 Å². The number of ether oxygens (including phenoxy) is 1. The molecule has 0 N–H and O–H groups in total. The van der Waals surface area contributed by atoms with Crippen molar-refractivity contribution >= 4 is 33.4 Å². The molecule has 1 aromatic heterocycles. The van der Waals surface area contributed by atoms with Crippen LogP contribution in [-0.2, 0) is 20.9 Å². The van der Waals surface area contributed by atoms with Gasteiger partial charge in [-0.05, 0) is 31.5 Å². The van der Waals surface area contributed by atoms with Gasteiger partial charge in [-0.1, -0.05) is 24.7 Å². The molecular formula is C16H19FN2O3S. The van der Waals surface area contributed by atoms with Crippen LogP contribution in [0.1, 0.15) is 33.1 Å². The maximum atomic E-state index is 13.4. The minimum atomic E-state index is -0.418. The first kappa shape index (κ1) is 17.3. The number of carbonyl (C=O) groups is 2. The van der Waals surface area contributed by atoms with Crippen LogP contribution < -0.4 is 4.80 Å². The Balaban J connectivity index is 2.46. The van der Waals surface area contributed by atoms with Gasteiger partial charge in [0.2, 0.25) is 5.91 Å². The summed E-state index contributed by atoms with van der Waals surface area (Å²) in [4.78, 5) is 28.2. The molecule has 7 heteroatoms. The zero-order valence-electron chi connectivity index (χ0n) is 13.2. The molecular weight excluding hydrogens is 319 g/mol. The van der Waals surface area contributed by atoms with Crippen LogP contribution >= 0.6 is 11.3 Å². The van der Waals surface area contributed by atoms with Crippen LogP contribution in [0.25, 0.3) is 10.2 Å². The molecule has 0 bridgehead atoms. The molecule has 124 valence electrons. The Labute approximate surface area is 137 Å². The van der Waals surface area contributed by atoms with E-state index in [2.05, 4.69) is 4.99 Å². The molecule has 0 spiro atoms. The summed E-state index contributed by atoms with van der Waals surface area (Å²) in [5.41, 5.74) is 0.659. The number of aromatic nitrogens is 1.